The fourth-order valence-electron chi connectivity index (χ4n) is 2.15. The van der Waals surface area contributed by atoms with E-state index in [-0.39, 0.29) is 5.56 Å². The molecule has 0 saturated heterocycles. The molecule has 0 atom stereocenters. The zero-order valence-electron chi connectivity index (χ0n) is 11.7. The Bertz CT molecular complexity index is 725. The maximum absolute atomic E-state index is 12.2. The summed E-state index contributed by atoms with van der Waals surface area (Å²) in [5.74, 6) is -0.403. The smallest absolute Gasteiger partial charge is 0.349 e. The van der Waals surface area contributed by atoms with Crippen molar-refractivity contribution in [2.24, 2.45) is 5.73 Å². The van der Waals surface area contributed by atoms with E-state index in [0.29, 0.717) is 24.2 Å². The normalized spacial score (nSPS) is 10.8. The molecule has 1 aromatic carbocycles. The van der Waals surface area contributed by atoms with Crippen LogP contribution in [0.15, 0.2) is 31.9 Å². The van der Waals surface area contributed by atoms with Crippen molar-refractivity contribution in [3.63, 3.8) is 0 Å². The number of fused-ring (bicyclic) bond motifs is 1. The molecule has 1 amide bonds. The molecule has 0 aliphatic rings. The molecule has 2 rings (SSSR count). The molecule has 0 fully saturated rings. The number of nitrogens with two attached hydrogens (primary N) is 1. The second kappa shape index (κ2) is 6.87. The van der Waals surface area contributed by atoms with E-state index < -0.39 is 11.5 Å². The molecule has 0 aliphatic heterocycles. The summed E-state index contributed by atoms with van der Waals surface area (Å²) in [7, 11) is 0. The van der Waals surface area contributed by atoms with E-state index in [4.69, 9.17) is 10.2 Å². The van der Waals surface area contributed by atoms with E-state index in [2.05, 4.69) is 21.2 Å². The van der Waals surface area contributed by atoms with Crippen LogP contribution in [-0.2, 0) is 0 Å². The Hall–Kier alpha value is -1.66. The highest BCUT2D eigenvalue weighted by Crippen LogP contribution is 2.23. The first kappa shape index (κ1) is 15.7. The van der Waals surface area contributed by atoms with Gasteiger partial charge in [-0.1, -0.05) is 15.9 Å². The van der Waals surface area contributed by atoms with Gasteiger partial charge in [0.1, 0.15) is 11.1 Å². The number of halogens is 1. The minimum Gasteiger partial charge on any atom is -0.422 e. The largest absolute Gasteiger partial charge is 0.422 e. The van der Waals surface area contributed by atoms with Crippen molar-refractivity contribution >= 4 is 32.8 Å². The molecule has 6 heteroatoms. The first-order valence-corrected chi connectivity index (χ1v) is 7.55. The lowest BCUT2D eigenvalue weighted by molar-refractivity contribution is 0.0949. The molecule has 5 nitrogen and oxygen atoms in total. The van der Waals surface area contributed by atoms with Gasteiger partial charge in [0.25, 0.3) is 5.91 Å². The summed E-state index contributed by atoms with van der Waals surface area (Å²) in [6, 6.07) is 5.33. The lowest BCUT2D eigenvalue weighted by atomic mass is 10.1. The van der Waals surface area contributed by atoms with Gasteiger partial charge in [-0.05, 0) is 50.1 Å². The van der Waals surface area contributed by atoms with E-state index in [1.165, 1.54) is 0 Å². The number of unbranched alkanes of at least 4 members (excludes halogenated alkanes) is 1. The van der Waals surface area contributed by atoms with E-state index in [0.717, 1.165) is 22.7 Å². The molecular formula is C15H17BrN2O3. The average Bonchev–Trinajstić information content (AvgIpc) is 2.44. The van der Waals surface area contributed by atoms with Gasteiger partial charge in [0.05, 0.1) is 0 Å². The van der Waals surface area contributed by atoms with Crippen molar-refractivity contribution < 1.29 is 9.21 Å². The van der Waals surface area contributed by atoms with Gasteiger partial charge in [0.2, 0.25) is 0 Å². The molecule has 0 saturated carbocycles. The van der Waals surface area contributed by atoms with Crippen molar-refractivity contribution in [3.05, 3.63) is 44.2 Å². The number of nitrogens with one attached hydrogen (secondary N) is 1. The highest BCUT2D eigenvalue weighted by atomic mass is 79.9. The zero-order chi connectivity index (χ0) is 15.4. The summed E-state index contributed by atoms with van der Waals surface area (Å²) in [6.07, 6.45) is 1.62. The summed E-state index contributed by atoms with van der Waals surface area (Å²) in [5, 5.41) is 3.47. The molecule has 3 N–H and O–H groups in total. The maximum Gasteiger partial charge on any atom is 0.349 e. The molecule has 2 aromatic rings. The van der Waals surface area contributed by atoms with Crippen LogP contribution in [0.1, 0.15) is 28.8 Å². The number of carbonyl (C=O) groups is 1. The van der Waals surface area contributed by atoms with Crippen LogP contribution < -0.4 is 16.7 Å². The van der Waals surface area contributed by atoms with Gasteiger partial charge >= 0.3 is 5.63 Å². The molecule has 0 spiro atoms. The summed E-state index contributed by atoms with van der Waals surface area (Å²) < 4.78 is 6.08. The monoisotopic (exact) mass is 352 g/mol. The number of hydrogen-bond donors (Lipinski definition) is 2. The quantitative estimate of drug-likeness (QED) is 0.638. The third kappa shape index (κ3) is 3.51. The molecule has 0 bridgehead atoms. The standard InChI is InChI=1S/C15H17BrN2O3/c1-9-11-8-10(16)4-5-12(11)21-15(20)13(9)14(19)18-7-3-2-6-17/h4-5,8H,2-3,6-7,17H2,1H3,(H,18,19). The fraction of sp³-hybridized carbons (Fsp3) is 0.333. The Kier molecular flexibility index (Phi) is 5.14. The molecule has 0 unspecified atom stereocenters. The van der Waals surface area contributed by atoms with Crippen molar-refractivity contribution in [2.45, 2.75) is 19.8 Å². The Morgan fingerprint density at radius 3 is 2.86 bits per heavy atom. The predicted molar refractivity (Wildman–Crippen MR) is 85.5 cm³/mol. The average molecular weight is 353 g/mol. The number of benzene rings is 1. The molecule has 0 aliphatic carbocycles. The van der Waals surface area contributed by atoms with Crippen molar-refractivity contribution in [1.29, 1.82) is 0 Å². The van der Waals surface area contributed by atoms with Gasteiger partial charge in [-0.25, -0.2) is 4.79 Å². The van der Waals surface area contributed by atoms with Crippen LogP contribution in [0, 0.1) is 6.92 Å². The molecule has 21 heavy (non-hydrogen) atoms. The van der Waals surface area contributed by atoms with Gasteiger partial charge in [-0.15, -0.1) is 0 Å². The molecule has 1 aromatic heterocycles. The number of amides is 1. The minimum absolute atomic E-state index is 0.0633. The maximum atomic E-state index is 12.2. The highest BCUT2D eigenvalue weighted by Gasteiger charge is 2.18. The van der Waals surface area contributed by atoms with E-state index in [9.17, 15) is 9.59 Å². The molecule has 1 heterocycles. The Morgan fingerprint density at radius 2 is 2.14 bits per heavy atom. The lowest BCUT2D eigenvalue weighted by Gasteiger charge is -2.08. The number of carbonyl (C=O) groups excluding carboxylic acids is 1. The summed E-state index contributed by atoms with van der Waals surface area (Å²) in [6.45, 7) is 2.83. The zero-order valence-corrected chi connectivity index (χ0v) is 13.3. The van der Waals surface area contributed by atoms with E-state index in [1.807, 2.05) is 6.07 Å². The Labute approximate surface area is 130 Å². The lowest BCUT2D eigenvalue weighted by Crippen LogP contribution is -2.30. The third-order valence-corrected chi connectivity index (χ3v) is 3.76. The molecule has 112 valence electrons. The van der Waals surface area contributed by atoms with Crippen LogP contribution in [0.4, 0.5) is 0 Å². The second-order valence-corrected chi connectivity index (χ2v) is 5.70. The van der Waals surface area contributed by atoms with Gasteiger partial charge < -0.3 is 15.5 Å². The number of aryl methyl sites for hydroxylation is 1. The van der Waals surface area contributed by atoms with Crippen LogP contribution in [0.3, 0.4) is 0 Å². The first-order chi connectivity index (χ1) is 10.0. The summed E-state index contributed by atoms with van der Waals surface area (Å²) >= 11 is 3.37. The van der Waals surface area contributed by atoms with Crippen molar-refractivity contribution in [2.75, 3.05) is 13.1 Å². The van der Waals surface area contributed by atoms with Crippen LogP contribution >= 0.6 is 15.9 Å². The Balaban J connectivity index is 2.35. The minimum atomic E-state index is -0.612. The van der Waals surface area contributed by atoms with Gasteiger partial charge in [0, 0.05) is 16.4 Å². The second-order valence-electron chi connectivity index (χ2n) is 4.78. The SMILES string of the molecule is Cc1c(C(=O)NCCCCN)c(=O)oc2ccc(Br)cc12. The van der Waals surface area contributed by atoms with Gasteiger partial charge in [-0.2, -0.15) is 0 Å². The Morgan fingerprint density at radius 1 is 1.38 bits per heavy atom. The van der Waals surface area contributed by atoms with Crippen LogP contribution in [0.5, 0.6) is 0 Å². The molecular weight excluding hydrogens is 336 g/mol. The first-order valence-electron chi connectivity index (χ1n) is 6.76. The van der Waals surface area contributed by atoms with E-state index >= 15 is 0 Å². The van der Waals surface area contributed by atoms with Crippen LogP contribution in [0.2, 0.25) is 0 Å². The number of hydrogen-bond acceptors (Lipinski definition) is 4. The van der Waals surface area contributed by atoms with Crippen molar-refractivity contribution in [1.82, 2.24) is 5.32 Å². The van der Waals surface area contributed by atoms with Crippen molar-refractivity contribution in [3.8, 4) is 0 Å². The highest BCUT2D eigenvalue weighted by molar-refractivity contribution is 9.10. The van der Waals surface area contributed by atoms with Crippen LogP contribution in [0.25, 0.3) is 11.0 Å². The topological polar surface area (TPSA) is 85.3 Å². The molecule has 0 radical (unpaired) electrons. The van der Waals surface area contributed by atoms with E-state index in [1.54, 1.807) is 19.1 Å². The fourth-order valence-corrected chi connectivity index (χ4v) is 2.51. The van der Waals surface area contributed by atoms with Gasteiger partial charge in [0.15, 0.2) is 0 Å². The van der Waals surface area contributed by atoms with Crippen LogP contribution in [-0.4, -0.2) is 19.0 Å². The predicted octanol–water partition coefficient (Wildman–Crippen LogP) is 2.33. The van der Waals surface area contributed by atoms with Gasteiger partial charge in [-0.3, -0.25) is 4.79 Å². The summed E-state index contributed by atoms with van der Waals surface area (Å²) in [4.78, 5) is 24.2. The third-order valence-electron chi connectivity index (χ3n) is 3.27. The number of rotatable bonds is 5. The summed E-state index contributed by atoms with van der Waals surface area (Å²) in [5.41, 5.74) is 5.95.